The lowest BCUT2D eigenvalue weighted by atomic mass is 10.1. The molecule has 0 fully saturated rings. The maximum Gasteiger partial charge on any atom is 0.262 e. The molecule has 0 spiro atoms. The SMILES string of the molecule is CC(Oc1cc(-n2cnc3ccc(CS(C)(=O)=O)cc32)sc1C(N)=O)c1ccccc1Cl. The van der Waals surface area contributed by atoms with Crippen molar-refractivity contribution >= 4 is 49.7 Å². The molecule has 0 saturated heterocycles. The number of amides is 1. The molecule has 32 heavy (non-hydrogen) atoms. The molecule has 0 radical (unpaired) electrons. The third kappa shape index (κ3) is 4.64. The van der Waals surface area contributed by atoms with Crippen LogP contribution >= 0.6 is 22.9 Å². The fraction of sp³-hybridized carbons (Fsp3) is 0.182. The molecular weight excluding hydrogens is 470 g/mol. The second kappa shape index (κ2) is 8.57. The number of hydrogen-bond acceptors (Lipinski definition) is 6. The van der Waals surface area contributed by atoms with Crippen molar-refractivity contribution in [3.63, 3.8) is 0 Å². The number of carbonyl (C=O) groups excluding carboxylic acids is 1. The van der Waals surface area contributed by atoms with Gasteiger partial charge in [-0.15, -0.1) is 11.3 Å². The van der Waals surface area contributed by atoms with Crippen molar-refractivity contribution in [3.8, 4) is 10.8 Å². The molecule has 1 unspecified atom stereocenters. The molecule has 1 atom stereocenters. The normalized spacial score (nSPS) is 12.7. The Balaban J connectivity index is 1.74. The van der Waals surface area contributed by atoms with Crippen LogP contribution in [0.25, 0.3) is 16.0 Å². The summed E-state index contributed by atoms with van der Waals surface area (Å²) < 4.78 is 31.2. The van der Waals surface area contributed by atoms with Crippen LogP contribution in [-0.2, 0) is 15.6 Å². The molecule has 2 aromatic heterocycles. The van der Waals surface area contributed by atoms with Gasteiger partial charge in [-0.25, -0.2) is 13.4 Å². The molecule has 0 aliphatic rings. The zero-order valence-corrected chi connectivity index (χ0v) is 19.7. The van der Waals surface area contributed by atoms with Crippen LogP contribution in [0.3, 0.4) is 0 Å². The molecule has 7 nitrogen and oxygen atoms in total. The van der Waals surface area contributed by atoms with Crippen LogP contribution in [0.2, 0.25) is 5.02 Å². The van der Waals surface area contributed by atoms with E-state index in [1.807, 2.05) is 25.1 Å². The lowest BCUT2D eigenvalue weighted by molar-refractivity contribution is 0.0998. The zero-order valence-electron chi connectivity index (χ0n) is 17.3. The van der Waals surface area contributed by atoms with E-state index in [4.69, 9.17) is 22.1 Å². The van der Waals surface area contributed by atoms with Crippen molar-refractivity contribution in [1.82, 2.24) is 9.55 Å². The minimum absolute atomic E-state index is 0.0746. The van der Waals surface area contributed by atoms with Crippen LogP contribution in [0.1, 0.15) is 33.8 Å². The Labute approximate surface area is 194 Å². The van der Waals surface area contributed by atoms with E-state index in [0.717, 1.165) is 5.56 Å². The Bertz CT molecular complexity index is 1430. The van der Waals surface area contributed by atoms with Crippen LogP contribution in [0.5, 0.6) is 5.75 Å². The first-order valence-electron chi connectivity index (χ1n) is 9.61. The van der Waals surface area contributed by atoms with Gasteiger partial charge >= 0.3 is 0 Å². The van der Waals surface area contributed by atoms with E-state index in [0.29, 0.717) is 32.4 Å². The molecule has 0 saturated carbocycles. The fourth-order valence-electron chi connectivity index (χ4n) is 3.42. The summed E-state index contributed by atoms with van der Waals surface area (Å²) in [5.74, 6) is -0.335. The molecule has 1 amide bonds. The molecule has 0 bridgehead atoms. The number of aromatic nitrogens is 2. The average Bonchev–Trinajstić information content (AvgIpc) is 3.30. The molecule has 4 rings (SSSR count). The predicted molar refractivity (Wildman–Crippen MR) is 127 cm³/mol. The lowest BCUT2D eigenvalue weighted by Gasteiger charge is -2.16. The largest absolute Gasteiger partial charge is 0.484 e. The van der Waals surface area contributed by atoms with Crippen LogP contribution in [-0.4, -0.2) is 30.1 Å². The molecule has 166 valence electrons. The Morgan fingerprint density at radius 1 is 1.25 bits per heavy atom. The van der Waals surface area contributed by atoms with Gasteiger partial charge in [-0.3, -0.25) is 9.36 Å². The second-order valence-electron chi connectivity index (χ2n) is 7.43. The molecule has 0 aliphatic heterocycles. The fourth-order valence-corrected chi connectivity index (χ4v) is 5.42. The Kier molecular flexibility index (Phi) is 5.98. The van der Waals surface area contributed by atoms with Crippen molar-refractivity contribution in [2.24, 2.45) is 5.73 Å². The summed E-state index contributed by atoms with van der Waals surface area (Å²) in [6, 6.07) is 14.3. The average molecular weight is 490 g/mol. The molecule has 2 aromatic carbocycles. The number of nitrogens with zero attached hydrogens (tertiary/aromatic N) is 2. The van der Waals surface area contributed by atoms with E-state index in [-0.39, 0.29) is 10.6 Å². The van der Waals surface area contributed by atoms with Gasteiger partial charge in [0.05, 0.1) is 16.8 Å². The molecule has 2 N–H and O–H groups in total. The number of primary amides is 1. The number of sulfone groups is 1. The van der Waals surface area contributed by atoms with Gasteiger partial charge in [0.1, 0.15) is 28.1 Å². The van der Waals surface area contributed by atoms with Gasteiger partial charge in [-0.05, 0) is 30.7 Å². The third-order valence-corrected chi connectivity index (χ3v) is 7.17. The van der Waals surface area contributed by atoms with Crippen molar-refractivity contribution in [2.45, 2.75) is 18.8 Å². The van der Waals surface area contributed by atoms with Crippen LogP contribution < -0.4 is 10.5 Å². The lowest BCUT2D eigenvalue weighted by Crippen LogP contribution is -2.12. The van der Waals surface area contributed by atoms with E-state index < -0.39 is 21.8 Å². The van der Waals surface area contributed by atoms with Gasteiger partial charge < -0.3 is 10.5 Å². The molecule has 10 heteroatoms. The summed E-state index contributed by atoms with van der Waals surface area (Å²) in [4.78, 5) is 16.8. The summed E-state index contributed by atoms with van der Waals surface area (Å²) in [7, 11) is -3.18. The second-order valence-corrected chi connectivity index (χ2v) is 11.0. The monoisotopic (exact) mass is 489 g/mol. The Morgan fingerprint density at radius 3 is 2.69 bits per heavy atom. The Hall–Kier alpha value is -2.88. The maximum absolute atomic E-state index is 12.1. The van der Waals surface area contributed by atoms with Crippen molar-refractivity contribution < 1.29 is 17.9 Å². The molecule has 4 aromatic rings. The van der Waals surface area contributed by atoms with Crippen LogP contribution in [0.15, 0.2) is 54.9 Å². The van der Waals surface area contributed by atoms with E-state index in [1.165, 1.54) is 17.6 Å². The van der Waals surface area contributed by atoms with E-state index in [1.54, 1.807) is 41.2 Å². The summed E-state index contributed by atoms with van der Waals surface area (Å²) >= 11 is 7.45. The number of imidazole rings is 1. The van der Waals surface area contributed by atoms with Crippen molar-refractivity contribution in [3.05, 3.63) is 75.9 Å². The number of ether oxygens (including phenoxy) is 1. The molecule has 2 heterocycles. The predicted octanol–water partition coefficient (Wildman–Crippen LogP) is 4.52. The van der Waals surface area contributed by atoms with E-state index in [9.17, 15) is 13.2 Å². The highest BCUT2D eigenvalue weighted by Gasteiger charge is 2.21. The number of halogens is 1. The highest BCUT2D eigenvalue weighted by atomic mass is 35.5. The van der Waals surface area contributed by atoms with Gasteiger partial charge in [0.15, 0.2) is 9.84 Å². The third-order valence-electron chi connectivity index (χ3n) is 4.83. The first kappa shape index (κ1) is 22.3. The summed E-state index contributed by atoms with van der Waals surface area (Å²) in [5.41, 5.74) is 8.46. The van der Waals surface area contributed by atoms with Crippen molar-refractivity contribution in [2.75, 3.05) is 6.26 Å². The smallest absolute Gasteiger partial charge is 0.262 e. The standard InChI is InChI=1S/C22H20ClN3O4S2/c1-13(15-5-3-4-6-16(15)23)30-19-10-20(31-21(19)22(24)27)26-12-25-17-8-7-14(9-18(17)26)11-32(2,28)29/h3-10,12-13H,11H2,1-2H3,(H2,24,27). The van der Waals surface area contributed by atoms with Crippen molar-refractivity contribution in [1.29, 1.82) is 0 Å². The van der Waals surface area contributed by atoms with Gasteiger partial charge in [0, 0.05) is 22.9 Å². The number of thiophene rings is 1. The molecular formula is C22H20ClN3O4S2. The quantitative estimate of drug-likeness (QED) is 0.411. The maximum atomic E-state index is 12.1. The van der Waals surface area contributed by atoms with Crippen LogP contribution in [0.4, 0.5) is 0 Å². The van der Waals surface area contributed by atoms with Crippen LogP contribution in [0, 0.1) is 0 Å². The molecule has 0 aliphatic carbocycles. The number of hydrogen-bond donors (Lipinski definition) is 1. The van der Waals surface area contributed by atoms with Gasteiger partial charge in [-0.2, -0.15) is 0 Å². The van der Waals surface area contributed by atoms with E-state index >= 15 is 0 Å². The number of benzene rings is 2. The van der Waals surface area contributed by atoms with E-state index in [2.05, 4.69) is 4.98 Å². The summed E-state index contributed by atoms with van der Waals surface area (Å²) in [6.07, 6.45) is 2.40. The topological polar surface area (TPSA) is 104 Å². The minimum atomic E-state index is -3.18. The first-order chi connectivity index (χ1) is 15.1. The van der Waals surface area contributed by atoms with Gasteiger partial charge in [-0.1, -0.05) is 35.9 Å². The number of rotatable bonds is 7. The number of fused-ring (bicyclic) bond motifs is 1. The summed E-state index contributed by atoms with van der Waals surface area (Å²) in [6.45, 7) is 1.84. The first-order valence-corrected chi connectivity index (χ1v) is 12.9. The minimum Gasteiger partial charge on any atom is -0.484 e. The highest BCUT2D eigenvalue weighted by molar-refractivity contribution is 7.89. The van der Waals surface area contributed by atoms with Gasteiger partial charge in [0.2, 0.25) is 0 Å². The number of nitrogens with two attached hydrogens (primary N) is 1. The zero-order chi connectivity index (χ0) is 23.0. The van der Waals surface area contributed by atoms with Gasteiger partial charge in [0.25, 0.3) is 5.91 Å². The summed E-state index contributed by atoms with van der Waals surface area (Å²) in [5, 5.41) is 1.23. The number of carbonyl (C=O) groups is 1. The Morgan fingerprint density at radius 2 is 2.00 bits per heavy atom. The highest BCUT2D eigenvalue weighted by Crippen LogP contribution is 2.37.